The first-order valence-corrected chi connectivity index (χ1v) is 11.0. The fraction of sp³-hybridized carbons (Fsp3) is 0.240. The molecule has 0 aliphatic carbocycles. The van der Waals surface area contributed by atoms with E-state index in [-0.39, 0.29) is 30.7 Å². The maximum atomic E-state index is 14.2. The molecule has 1 aliphatic heterocycles. The number of hydrogen-bond acceptors (Lipinski definition) is 6. The minimum absolute atomic E-state index is 0.0593. The van der Waals surface area contributed by atoms with Gasteiger partial charge in [0.15, 0.2) is 12.3 Å². The zero-order valence-electron chi connectivity index (χ0n) is 19.0. The summed E-state index contributed by atoms with van der Waals surface area (Å²) in [6.45, 7) is 3.68. The second-order valence-corrected chi connectivity index (χ2v) is 8.68. The van der Waals surface area contributed by atoms with Gasteiger partial charge in [-0.3, -0.25) is 19.8 Å². The van der Waals surface area contributed by atoms with Crippen LogP contribution >= 0.6 is 0 Å². The van der Waals surface area contributed by atoms with Crippen molar-refractivity contribution >= 4 is 22.6 Å². The Morgan fingerprint density at radius 1 is 1.23 bits per heavy atom. The molecule has 1 aliphatic rings. The molecule has 4 heterocycles. The molecule has 1 amide bonds. The molecule has 0 fully saturated rings. The topological polar surface area (TPSA) is 108 Å². The minimum Gasteiger partial charge on any atom is -0.482 e. The summed E-state index contributed by atoms with van der Waals surface area (Å²) < 4.78 is 33.2. The van der Waals surface area contributed by atoms with Crippen molar-refractivity contribution in [3.05, 3.63) is 65.2 Å². The molecule has 4 aromatic rings. The quantitative estimate of drug-likeness (QED) is 0.462. The molecule has 0 radical (unpaired) electrons. The van der Waals surface area contributed by atoms with Crippen LogP contribution in [-0.2, 0) is 17.8 Å². The van der Waals surface area contributed by atoms with Crippen molar-refractivity contribution in [2.24, 2.45) is 5.92 Å². The molecule has 1 N–H and O–H groups in total. The highest BCUT2D eigenvalue weighted by molar-refractivity contribution is 6.00. The Kier molecular flexibility index (Phi) is 5.61. The molecule has 0 unspecified atom stereocenters. The Morgan fingerprint density at radius 2 is 2.06 bits per heavy atom. The summed E-state index contributed by atoms with van der Waals surface area (Å²) in [5.74, 6) is -1.33. The van der Waals surface area contributed by atoms with E-state index in [0.29, 0.717) is 51.3 Å². The summed E-state index contributed by atoms with van der Waals surface area (Å²) in [6.07, 6.45) is 3.15. The summed E-state index contributed by atoms with van der Waals surface area (Å²) in [5.41, 5.74) is 3.42. The lowest BCUT2D eigenvalue weighted by Crippen LogP contribution is -2.38. The summed E-state index contributed by atoms with van der Waals surface area (Å²) in [4.78, 5) is 22.3. The number of halogens is 2. The van der Waals surface area contributed by atoms with Gasteiger partial charge in [0.25, 0.3) is 5.91 Å². The lowest BCUT2D eigenvalue weighted by Gasteiger charge is -2.29. The van der Waals surface area contributed by atoms with Gasteiger partial charge in [0.05, 0.1) is 41.6 Å². The van der Waals surface area contributed by atoms with Gasteiger partial charge in [0.2, 0.25) is 0 Å². The van der Waals surface area contributed by atoms with Gasteiger partial charge in [-0.05, 0) is 30.0 Å². The highest BCUT2D eigenvalue weighted by Gasteiger charge is 2.28. The predicted octanol–water partition coefficient (Wildman–Crippen LogP) is 4.29. The van der Waals surface area contributed by atoms with Crippen LogP contribution in [0.3, 0.4) is 0 Å². The number of anilines is 1. The number of carbonyl (C=O) groups excluding carboxylic acids is 1. The number of nitriles is 1. The Morgan fingerprint density at radius 3 is 2.80 bits per heavy atom. The molecule has 0 saturated carbocycles. The van der Waals surface area contributed by atoms with Crippen molar-refractivity contribution in [2.45, 2.75) is 26.8 Å². The van der Waals surface area contributed by atoms with E-state index >= 15 is 0 Å². The number of rotatable bonds is 5. The highest BCUT2D eigenvalue weighted by Crippen LogP contribution is 2.40. The molecule has 176 valence electrons. The van der Waals surface area contributed by atoms with Crippen LogP contribution in [0.5, 0.6) is 5.75 Å². The van der Waals surface area contributed by atoms with E-state index in [0.717, 1.165) is 12.3 Å². The van der Waals surface area contributed by atoms with E-state index < -0.39 is 11.6 Å². The summed E-state index contributed by atoms with van der Waals surface area (Å²) >= 11 is 0. The monoisotopic (exact) mass is 474 g/mol. The predicted molar refractivity (Wildman–Crippen MR) is 123 cm³/mol. The first-order valence-electron chi connectivity index (χ1n) is 11.0. The van der Waals surface area contributed by atoms with E-state index in [9.17, 15) is 18.8 Å². The molecule has 8 nitrogen and oxygen atoms in total. The summed E-state index contributed by atoms with van der Waals surface area (Å²) in [6, 6.07) is 8.22. The van der Waals surface area contributed by atoms with E-state index in [1.54, 1.807) is 24.4 Å². The average Bonchev–Trinajstić information content (AvgIpc) is 3.29. The van der Waals surface area contributed by atoms with Crippen LogP contribution in [0.25, 0.3) is 22.2 Å². The van der Waals surface area contributed by atoms with Gasteiger partial charge >= 0.3 is 0 Å². The van der Waals surface area contributed by atoms with Crippen LogP contribution in [-0.4, -0.2) is 32.7 Å². The van der Waals surface area contributed by atoms with Gasteiger partial charge in [0.1, 0.15) is 23.5 Å². The largest absolute Gasteiger partial charge is 0.482 e. The van der Waals surface area contributed by atoms with Crippen LogP contribution in [0.2, 0.25) is 0 Å². The molecule has 3 aromatic heterocycles. The van der Waals surface area contributed by atoms with E-state index in [2.05, 4.69) is 40.1 Å². The molecule has 5 rings (SSSR count). The van der Waals surface area contributed by atoms with Crippen LogP contribution in [0.1, 0.15) is 30.8 Å². The molecule has 0 atom stereocenters. The van der Waals surface area contributed by atoms with E-state index in [4.69, 9.17) is 4.74 Å². The zero-order valence-corrected chi connectivity index (χ0v) is 19.0. The third-order valence-corrected chi connectivity index (χ3v) is 5.77. The average molecular weight is 474 g/mol. The fourth-order valence-corrected chi connectivity index (χ4v) is 4.21. The molecule has 0 saturated heterocycles. The molecule has 1 aromatic carbocycles. The SMILES string of the molecule is CC(C)Cc1nc2[nH]ncc2c(-c2ccc3c(c2)OCC(=O)N3Cc2ncc(F)cc2F)c1C#N. The first-order chi connectivity index (χ1) is 16.9. The van der Waals surface area contributed by atoms with Crippen molar-refractivity contribution in [3.63, 3.8) is 0 Å². The fourth-order valence-electron chi connectivity index (χ4n) is 4.21. The second kappa shape index (κ2) is 8.76. The van der Waals surface area contributed by atoms with Crippen molar-refractivity contribution < 1.29 is 18.3 Å². The van der Waals surface area contributed by atoms with Crippen LogP contribution in [0, 0.1) is 28.9 Å². The molecular formula is C25H20F2N6O2. The molecule has 35 heavy (non-hydrogen) atoms. The van der Waals surface area contributed by atoms with Crippen molar-refractivity contribution in [1.82, 2.24) is 20.2 Å². The van der Waals surface area contributed by atoms with E-state index in [1.807, 2.05) is 0 Å². The normalized spacial score (nSPS) is 13.1. The Labute approximate surface area is 199 Å². The van der Waals surface area contributed by atoms with Gasteiger partial charge in [-0.2, -0.15) is 10.4 Å². The summed E-state index contributed by atoms with van der Waals surface area (Å²) in [7, 11) is 0. The minimum atomic E-state index is -0.835. The number of ether oxygens (including phenoxy) is 1. The number of nitrogens with one attached hydrogen (secondary N) is 1. The van der Waals surface area contributed by atoms with Gasteiger partial charge in [-0.15, -0.1) is 0 Å². The number of amides is 1. The Balaban J connectivity index is 1.60. The number of aromatic amines is 1. The van der Waals surface area contributed by atoms with Crippen LogP contribution < -0.4 is 9.64 Å². The zero-order chi connectivity index (χ0) is 24.7. The maximum absolute atomic E-state index is 14.2. The number of benzene rings is 1. The van der Waals surface area contributed by atoms with Gasteiger partial charge in [0, 0.05) is 17.0 Å². The van der Waals surface area contributed by atoms with Gasteiger partial charge < -0.3 is 4.74 Å². The smallest absolute Gasteiger partial charge is 0.265 e. The standard InChI is InChI=1S/C25H20F2N6O2/c1-13(2)5-19-16(8-28)24(17-10-30-32-25(17)31-19)14-3-4-21-22(6-14)35-12-23(34)33(21)11-20-18(27)7-15(26)9-29-20/h3-4,6-7,9-10,13H,5,11-12H2,1-2H3,(H,30,31,32). The third kappa shape index (κ3) is 4.05. The second-order valence-electron chi connectivity index (χ2n) is 8.68. The molecular weight excluding hydrogens is 454 g/mol. The third-order valence-electron chi connectivity index (χ3n) is 5.77. The number of nitrogens with zero attached hydrogens (tertiary/aromatic N) is 5. The molecule has 0 bridgehead atoms. The van der Waals surface area contributed by atoms with Gasteiger partial charge in [-0.25, -0.2) is 13.8 Å². The first kappa shape index (κ1) is 22.4. The molecule has 0 spiro atoms. The number of carbonyl (C=O) groups is 1. The van der Waals surface area contributed by atoms with Gasteiger partial charge in [-0.1, -0.05) is 19.9 Å². The molecule has 10 heteroatoms. The van der Waals surface area contributed by atoms with E-state index in [1.165, 1.54) is 4.90 Å². The lowest BCUT2D eigenvalue weighted by atomic mass is 9.93. The number of H-pyrrole nitrogens is 1. The number of hydrogen-bond donors (Lipinski definition) is 1. The number of aromatic nitrogens is 4. The van der Waals surface area contributed by atoms with Crippen molar-refractivity contribution in [1.29, 1.82) is 5.26 Å². The maximum Gasteiger partial charge on any atom is 0.265 e. The van der Waals surface area contributed by atoms with Crippen LogP contribution in [0.4, 0.5) is 14.5 Å². The van der Waals surface area contributed by atoms with Crippen LogP contribution in [0.15, 0.2) is 36.7 Å². The number of fused-ring (bicyclic) bond motifs is 2. The highest BCUT2D eigenvalue weighted by atomic mass is 19.1. The number of pyridine rings is 2. The lowest BCUT2D eigenvalue weighted by molar-refractivity contribution is -0.121. The van der Waals surface area contributed by atoms with Crippen molar-refractivity contribution in [2.75, 3.05) is 11.5 Å². The summed E-state index contributed by atoms with van der Waals surface area (Å²) in [5, 5.41) is 17.7. The Hall–Kier alpha value is -4.39. The Bertz CT molecular complexity index is 1510. The van der Waals surface area contributed by atoms with Crippen molar-refractivity contribution in [3.8, 4) is 22.9 Å².